The van der Waals surface area contributed by atoms with Crippen molar-refractivity contribution in [3.8, 4) is 0 Å². The van der Waals surface area contributed by atoms with Gasteiger partial charge in [-0.1, -0.05) is 62.4 Å². The van der Waals surface area contributed by atoms with Gasteiger partial charge in [-0.25, -0.2) is 11.6 Å². The molecule has 1 atom stereocenters. The number of hydrogen-bond donors (Lipinski definition) is 0. The predicted molar refractivity (Wildman–Crippen MR) is 136 cm³/mol. The zero-order valence-corrected chi connectivity index (χ0v) is 23.6. The van der Waals surface area contributed by atoms with Gasteiger partial charge in [0.25, 0.3) is 0 Å². The van der Waals surface area contributed by atoms with Crippen LogP contribution in [0.15, 0.2) is 73.3 Å². The van der Waals surface area contributed by atoms with Gasteiger partial charge >= 0.3 is 59.5 Å². The van der Waals surface area contributed by atoms with E-state index in [2.05, 4.69) is 81.6 Å². The van der Waals surface area contributed by atoms with E-state index in [0.29, 0.717) is 5.92 Å². The third-order valence-electron chi connectivity index (χ3n) is 5.77. The second kappa shape index (κ2) is 14.8. The van der Waals surface area contributed by atoms with E-state index in [-0.39, 0.29) is 24.8 Å². The Balaban J connectivity index is 0.000000285. The second-order valence-corrected chi connectivity index (χ2v) is 10.2. The van der Waals surface area contributed by atoms with Crippen LogP contribution in [0.3, 0.4) is 0 Å². The van der Waals surface area contributed by atoms with Gasteiger partial charge in [0.05, 0.1) is 0 Å². The van der Waals surface area contributed by atoms with Crippen molar-refractivity contribution >= 4 is 36.9 Å². The van der Waals surface area contributed by atoms with E-state index in [1.165, 1.54) is 59.2 Å². The van der Waals surface area contributed by atoms with Crippen molar-refractivity contribution in [2.24, 2.45) is 5.92 Å². The fourth-order valence-corrected chi connectivity index (χ4v) is 4.89. The van der Waals surface area contributed by atoms with Gasteiger partial charge in [0, 0.05) is 0 Å². The average Bonchev–Trinajstić information content (AvgIpc) is 3.35. The van der Waals surface area contributed by atoms with Crippen LogP contribution in [0.5, 0.6) is 0 Å². The summed E-state index contributed by atoms with van der Waals surface area (Å²) in [6.07, 6.45) is 18.5. The van der Waals surface area contributed by atoms with Gasteiger partial charge in [0.15, 0.2) is 0 Å². The minimum absolute atomic E-state index is 0. The van der Waals surface area contributed by atoms with Crippen molar-refractivity contribution < 1.29 is 49.0 Å². The number of halogens is 2. The summed E-state index contributed by atoms with van der Waals surface area (Å²) in [6.45, 7) is 11.9. The molecule has 3 heteroatoms. The van der Waals surface area contributed by atoms with E-state index in [0.717, 1.165) is 11.1 Å². The van der Waals surface area contributed by atoms with Gasteiger partial charge < -0.3 is 24.8 Å². The topological polar surface area (TPSA) is 0 Å². The molecule has 0 N–H and O–H groups in total. The molecule has 1 unspecified atom stereocenters. The molecule has 0 heterocycles. The van der Waals surface area contributed by atoms with Gasteiger partial charge in [-0.15, -0.1) is 46.7 Å². The molecular weight excluding hydrogens is 522 g/mol. The quantitative estimate of drug-likeness (QED) is 0.428. The fraction of sp³-hybridized carbons (Fsp3) is 0.267. The Hall–Kier alpha value is -1.40. The molecule has 172 valence electrons. The maximum atomic E-state index is 3.82. The van der Waals surface area contributed by atoms with Crippen LogP contribution in [0.2, 0.25) is 0 Å². The van der Waals surface area contributed by atoms with E-state index < -0.39 is 0 Å². The molecule has 3 aromatic carbocycles. The molecule has 0 aliphatic heterocycles. The summed E-state index contributed by atoms with van der Waals surface area (Å²) in [5, 5.41) is 5.15. The average molecular weight is 555 g/mol. The normalized spacial score (nSPS) is 16.4. The zero-order valence-electron chi connectivity index (χ0n) is 19.6. The molecule has 0 radical (unpaired) electrons. The third kappa shape index (κ3) is 8.71. The molecule has 33 heavy (non-hydrogen) atoms. The van der Waals surface area contributed by atoms with E-state index in [1.54, 1.807) is 27.4 Å². The Morgan fingerprint density at radius 2 is 1.42 bits per heavy atom. The molecule has 0 bridgehead atoms. The summed E-state index contributed by atoms with van der Waals surface area (Å²) in [4.78, 5) is 0. The fourth-order valence-electron chi connectivity index (χ4n) is 4.02. The van der Waals surface area contributed by atoms with Crippen molar-refractivity contribution in [2.75, 3.05) is 0 Å². The summed E-state index contributed by atoms with van der Waals surface area (Å²) in [6, 6.07) is 15.1. The van der Waals surface area contributed by atoms with E-state index in [4.69, 9.17) is 0 Å². The first-order valence-electron chi connectivity index (χ1n) is 11.2. The Morgan fingerprint density at radius 1 is 0.909 bits per heavy atom. The third-order valence-corrected chi connectivity index (χ3v) is 7.00. The van der Waals surface area contributed by atoms with Gasteiger partial charge in [0.1, 0.15) is 0 Å². The van der Waals surface area contributed by atoms with Crippen LogP contribution < -0.4 is 24.8 Å². The monoisotopic (exact) mass is 552 g/mol. The molecule has 5 rings (SSSR count). The number of benzene rings is 2. The number of allylic oxidation sites excluding steroid dienone is 4. The Labute approximate surface area is 227 Å². The van der Waals surface area contributed by atoms with Crippen LogP contribution in [0, 0.1) is 12.0 Å². The van der Waals surface area contributed by atoms with E-state index in [9.17, 15) is 0 Å². The van der Waals surface area contributed by atoms with Crippen LogP contribution in [0.4, 0.5) is 0 Å². The van der Waals surface area contributed by atoms with Crippen LogP contribution in [0.1, 0.15) is 57.1 Å². The molecule has 2 aliphatic carbocycles. The van der Waals surface area contributed by atoms with Gasteiger partial charge in [0.2, 0.25) is 0 Å². The SMILES string of the molecule is C=Cc1ccc2[cH-]c3ccc(C=C)cc3c2c1.CC1=CC(C)[C-]=C1.[Cl-].[Cl-].[Zr+2]=[C]1CCCCC1. The summed E-state index contributed by atoms with van der Waals surface area (Å²) in [5.41, 5.74) is 3.66. The predicted octanol–water partition coefficient (Wildman–Crippen LogP) is 2.62. The van der Waals surface area contributed by atoms with Gasteiger partial charge in [-0.05, 0) is 11.1 Å². The summed E-state index contributed by atoms with van der Waals surface area (Å²) < 4.78 is 1.80. The van der Waals surface area contributed by atoms with E-state index in [1.807, 2.05) is 18.2 Å². The minimum atomic E-state index is 0. The summed E-state index contributed by atoms with van der Waals surface area (Å²) >= 11 is 1.69. The number of fused-ring (bicyclic) bond motifs is 3. The maximum absolute atomic E-state index is 3.82. The number of rotatable bonds is 2. The molecule has 0 aromatic heterocycles. The van der Waals surface area contributed by atoms with Crippen LogP contribution in [-0.2, 0) is 24.2 Å². The molecule has 0 nitrogen and oxygen atoms in total. The molecule has 0 spiro atoms. The van der Waals surface area contributed by atoms with Gasteiger partial charge in [-0.3, -0.25) is 6.08 Å². The molecule has 3 aromatic rings. The first-order chi connectivity index (χ1) is 15.0. The van der Waals surface area contributed by atoms with Crippen LogP contribution in [0.25, 0.3) is 33.7 Å². The van der Waals surface area contributed by atoms with Crippen molar-refractivity contribution in [3.63, 3.8) is 0 Å². The molecular formula is C30H32Cl2Zr-2. The first kappa shape index (κ1) is 29.6. The molecule has 0 amide bonds. The van der Waals surface area contributed by atoms with Crippen molar-refractivity contribution in [2.45, 2.75) is 46.0 Å². The Morgan fingerprint density at radius 3 is 1.73 bits per heavy atom. The van der Waals surface area contributed by atoms with Gasteiger partial charge in [-0.2, -0.15) is 6.08 Å². The van der Waals surface area contributed by atoms with Crippen LogP contribution in [-0.4, -0.2) is 3.21 Å². The number of hydrogen-bond acceptors (Lipinski definition) is 0. The van der Waals surface area contributed by atoms with Crippen molar-refractivity contribution in [1.29, 1.82) is 0 Å². The van der Waals surface area contributed by atoms with Crippen LogP contribution >= 0.6 is 0 Å². The standard InChI is InChI=1S/C17H13.C7H9.C6H10.2ClH.Zr/c1-3-12-5-7-14-11-15-8-6-13(4-2)10-17(15)16(14)9-12;1-6-3-4-7(2)5-6;1-2-4-6-5-3-1;;;/h3-11H,1-2H2;3,5,7H,1-2H3;1-5H2;2*1H;/q2*-1;;;;+2/p-2. The molecule has 1 fully saturated rings. The summed E-state index contributed by atoms with van der Waals surface area (Å²) in [5.74, 6) is 0.556. The Kier molecular flexibility index (Phi) is 13.3. The molecule has 1 saturated carbocycles. The van der Waals surface area contributed by atoms with Crippen molar-refractivity contribution in [1.82, 2.24) is 0 Å². The zero-order chi connectivity index (χ0) is 22.2. The molecule has 2 aliphatic rings. The molecule has 0 saturated heterocycles. The second-order valence-electron chi connectivity index (χ2n) is 8.42. The Bertz CT molecular complexity index is 1080. The first-order valence-corrected chi connectivity index (χ1v) is 12.4. The van der Waals surface area contributed by atoms with Crippen molar-refractivity contribution in [3.05, 3.63) is 90.6 Å². The summed E-state index contributed by atoms with van der Waals surface area (Å²) in [7, 11) is 0. The van der Waals surface area contributed by atoms with E-state index >= 15 is 0 Å².